The van der Waals surface area contributed by atoms with Gasteiger partial charge in [-0.1, -0.05) is 13.0 Å². The van der Waals surface area contributed by atoms with Gasteiger partial charge in [0.05, 0.1) is 17.3 Å². The molecule has 4 N–H and O–H groups in total. The largest absolute Gasteiger partial charge is 0.344 e. The molecule has 2 aromatic heterocycles. The van der Waals surface area contributed by atoms with Gasteiger partial charge < -0.3 is 10.7 Å². The van der Waals surface area contributed by atoms with Crippen LogP contribution in [0.25, 0.3) is 0 Å². The Labute approximate surface area is 115 Å². The molecule has 100 valence electrons. The highest BCUT2D eigenvalue weighted by atomic mass is 32.1. The fourth-order valence-electron chi connectivity index (χ4n) is 1.80. The SMILES string of the molecule is CCC(NC(=O)c1cnccc1NN)c1cccs1. The van der Waals surface area contributed by atoms with Crippen molar-refractivity contribution < 1.29 is 4.79 Å². The summed E-state index contributed by atoms with van der Waals surface area (Å²) in [6.45, 7) is 2.04. The molecule has 0 aliphatic heterocycles. The second-order valence-corrected chi connectivity index (χ2v) is 4.99. The fourth-order valence-corrected chi connectivity index (χ4v) is 2.66. The summed E-state index contributed by atoms with van der Waals surface area (Å²) in [5, 5.41) is 5.00. The van der Waals surface area contributed by atoms with Crippen LogP contribution in [0.2, 0.25) is 0 Å². The molecule has 1 atom stereocenters. The number of nitrogens with zero attached hydrogens (tertiary/aromatic N) is 1. The summed E-state index contributed by atoms with van der Waals surface area (Å²) in [4.78, 5) is 17.3. The van der Waals surface area contributed by atoms with Gasteiger partial charge >= 0.3 is 0 Å². The zero-order valence-corrected chi connectivity index (χ0v) is 11.4. The number of rotatable bonds is 5. The molecule has 1 amide bonds. The molecule has 0 fully saturated rings. The molecule has 0 aromatic carbocycles. The molecule has 2 aromatic rings. The highest BCUT2D eigenvalue weighted by molar-refractivity contribution is 7.10. The molecule has 0 saturated carbocycles. The first kappa shape index (κ1) is 13.5. The Hall–Kier alpha value is -1.92. The quantitative estimate of drug-likeness (QED) is 0.578. The zero-order valence-electron chi connectivity index (χ0n) is 10.6. The number of hydrazine groups is 1. The molecule has 1 unspecified atom stereocenters. The highest BCUT2D eigenvalue weighted by Gasteiger charge is 2.17. The van der Waals surface area contributed by atoms with Crippen LogP contribution in [-0.2, 0) is 0 Å². The number of anilines is 1. The number of hydrogen-bond acceptors (Lipinski definition) is 5. The number of nitrogens with two attached hydrogens (primary N) is 1. The maximum Gasteiger partial charge on any atom is 0.255 e. The summed E-state index contributed by atoms with van der Waals surface area (Å²) in [5.74, 6) is 5.21. The Morgan fingerprint density at radius 3 is 3.00 bits per heavy atom. The van der Waals surface area contributed by atoms with Crippen molar-refractivity contribution in [3.63, 3.8) is 0 Å². The van der Waals surface area contributed by atoms with Crippen molar-refractivity contribution in [1.82, 2.24) is 10.3 Å². The van der Waals surface area contributed by atoms with Crippen LogP contribution in [0.15, 0.2) is 36.0 Å². The van der Waals surface area contributed by atoms with Gasteiger partial charge in [-0.2, -0.15) is 0 Å². The minimum atomic E-state index is -0.179. The molecule has 6 heteroatoms. The molecule has 0 bridgehead atoms. The first-order valence-corrected chi connectivity index (χ1v) is 6.89. The minimum Gasteiger partial charge on any atom is -0.344 e. The normalized spacial score (nSPS) is 11.9. The molecular formula is C13H16N4OS. The first-order valence-electron chi connectivity index (χ1n) is 6.01. The number of carbonyl (C=O) groups is 1. The maximum atomic E-state index is 12.2. The van der Waals surface area contributed by atoms with E-state index in [0.29, 0.717) is 11.3 Å². The maximum absolute atomic E-state index is 12.2. The van der Waals surface area contributed by atoms with E-state index >= 15 is 0 Å². The second kappa shape index (κ2) is 6.31. The zero-order chi connectivity index (χ0) is 13.7. The van der Waals surface area contributed by atoms with Crippen molar-refractivity contribution in [1.29, 1.82) is 0 Å². The van der Waals surface area contributed by atoms with E-state index in [4.69, 9.17) is 5.84 Å². The molecule has 0 radical (unpaired) electrons. The summed E-state index contributed by atoms with van der Waals surface area (Å²) in [6.07, 6.45) is 3.92. The number of nitrogens with one attached hydrogen (secondary N) is 2. The summed E-state index contributed by atoms with van der Waals surface area (Å²) in [6, 6.07) is 5.68. The first-order chi connectivity index (χ1) is 9.26. The number of aromatic nitrogens is 1. The molecule has 2 rings (SSSR count). The van der Waals surface area contributed by atoms with Gasteiger partial charge in [-0.25, -0.2) is 0 Å². The van der Waals surface area contributed by atoms with Crippen LogP contribution in [0, 0.1) is 0 Å². The Balaban J connectivity index is 2.16. The number of nitrogen functional groups attached to an aromatic ring is 1. The molecule has 5 nitrogen and oxygen atoms in total. The summed E-state index contributed by atoms with van der Waals surface area (Å²) < 4.78 is 0. The smallest absolute Gasteiger partial charge is 0.255 e. The monoisotopic (exact) mass is 276 g/mol. The Bertz CT molecular complexity index is 541. The van der Waals surface area contributed by atoms with E-state index in [-0.39, 0.29) is 11.9 Å². The van der Waals surface area contributed by atoms with Crippen molar-refractivity contribution >= 4 is 22.9 Å². The lowest BCUT2D eigenvalue weighted by Crippen LogP contribution is -2.29. The average Bonchev–Trinajstić information content (AvgIpc) is 2.98. The average molecular weight is 276 g/mol. The number of hydrogen-bond donors (Lipinski definition) is 3. The van der Waals surface area contributed by atoms with Crippen molar-refractivity contribution in [3.8, 4) is 0 Å². The molecular weight excluding hydrogens is 260 g/mol. The number of pyridine rings is 1. The van der Waals surface area contributed by atoms with E-state index in [9.17, 15) is 4.79 Å². The van der Waals surface area contributed by atoms with Crippen molar-refractivity contribution in [2.75, 3.05) is 5.43 Å². The second-order valence-electron chi connectivity index (χ2n) is 4.02. The third-order valence-electron chi connectivity index (χ3n) is 2.82. The lowest BCUT2D eigenvalue weighted by Gasteiger charge is -2.16. The van der Waals surface area contributed by atoms with Crippen molar-refractivity contribution in [3.05, 3.63) is 46.4 Å². The topological polar surface area (TPSA) is 80.0 Å². The van der Waals surface area contributed by atoms with Crippen LogP contribution in [0.5, 0.6) is 0 Å². The summed E-state index contributed by atoms with van der Waals surface area (Å²) in [5.41, 5.74) is 3.51. The lowest BCUT2D eigenvalue weighted by molar-refractivity contribution is 0.0936. The lowest BCUT2D eigenvalue weighted by atomic mass is 10.1. The van der Waals surface area contributed by atoms with Crippen LogP contribution in [0.1, 0.15) is 34.6 Å². The van der Waals surface area contributed by atoms with Crippen LogP contribution in [-0.4, -0.2) is 10.9 Å². The molecule has 0 spiro atoms. The third-order valence-corrected chi connectivity index (χ3v) is 3.81. The van der Waals surface area contributed by atoms with Crippen LogP contribution >= 0.6 is 11.3 Å². The van der Waals surface area contributed by atoms with Gasteiger partial charge in [-0.3, -0.25) is 15.6 Å². The van der Waals surface area contributed by atoms with Gasteiger partial charge in [-0.15, -0.1) is 11.3 Å². The van der Waals surface area contributed by atoms with E-state index in [1.807, 2.05) is 24.4 Å². The van der Waals surface area contributed by atoms with Gasteiger partial charge in [0, 0.05) is 17.3 Å². The van der Waals surface area contributed by atoms with Gasteiger partial charge in [-0.05, 0) is 23.9 Å². The van der Waals surface area contributed by atoms with E-state index < -0.39 is 0 Å². The van der Waals surface area contributed by atoms with Crippen molar-refractivity contribution in [2.45, 2.75) is 19.4 Å². The van der Waals surface area contributed by atoms with Crippen LogP contribution in [0.4, 0.5) is 5.69 Å². The summed E-state index contributed by atoms with van der Waals surface area (Å²) >= 11 is 1.63. The van der Waals surface area contributed by atoms with E-state index in [1.165, 1.54) is 6.20 Å². The van der Waals surface area contributed by atoms with Crippen molar-refractivity contribution in [2.24, 2.45) is 5.84 Å². The number of thiophene rings is 1. The van der Waals surface area contributed by atoms with E-state index in [1.54, 1.807) is 23.6 Å². The number of carbonyl (C=O) groups excluding carboxylic acids is 1. The van der Waals surface area contributed by atoms with Gasteiger partial charge in [0.2, 0.25) is 0 Å². The minimum absolute atomic E-state index is 0.0123. The van der Waals surface area contributed by atoms with Crippen LogP contribution < -0.4 is 16.6 Å². The predicted molar refractivity (Wildman–Crippen MR) is 76.9 cm³/mol. The molecule has 0 aliphatic rings. The fraction of sp³-hybridized carbons (Fsp3) is 0.231. The molecule has 0 aliphatic carbocycles. The highest BCUT2D eigenvalue weighted by Crippen LogP contribution is 2.22. The summed E-state index contributed by atoms with van der Waals surface area (Å²) in [7, 11) is 0. The van der Waals surface area contributed by atoms with Gasteiger partial charge in [0.15, 0.2) is 0 Å². The third kappa shape index (κ3) is 3.10. The van der Waals surface area contributed by atoms with Gasteiger partial charge in [0.25, 0.3) is 5.91 Å². The van der Waals surface area contributed by atoms with E-state index in [2.05, 4.69) is 15.7 Å². The predicted octanol–water partition coefficient (Wildman–Crippen LogP) is 2.31. The Morgan fingerprint density at radius 2 is 2.37 bits per heavy atom. The van der Waals surface area contributed by atoms with Crippen LogP contribution in [0.3, 0.4) is 0 Å². The molecule has 2 heterocycles. The standard InChI is InChI=1S/C13H16N4OS/c1-2-10(12-4-3-7-19-12)16-13(18)9-8-15-6-5-11(9)17-14/h3-8,10H,2,14H2,1H3,(H,15,17)(H,16,18). The Kier molecular flexibility index (Phi) is 4.48. The van der Waals surface area contributed by atoms with E-state index in [0.717, 1.165) is 11.3 Å². The molecule has 0 saturated heterocycles. The number of amides is 1. The Morgan fingerprint density at radius 1 is 1.53 bits per heavy atom. The van der Waals surface area contributed by atoms with Gasteiger partial charge in [0.1, 0.15) is 0 Å². The molecule has 19 heavy (non-hydrogen) atoms.